The summed E-state index contributed by atoms with van der Waals surface area (Å²) >= 11 is 4.06. The Labute approximate surface area is 130 Å². The van der Waals surface area contributed by atoms with Crippen molar-refractivity contribution in [2.75, 3.05) is 18.1 Å². The molecule has 0 aromatic heterocycles. The van der Waals surface area contributed by atoms with E-state index in [0.717, 1.165) is 6.61 Å². The normalized spacial score (nSPS) is 31.6. The minimum absolute atomic E-state index is 0.121. The van der Waals surface area contributed by atoms with Gasteiger partial charge in [-0.05, 0) is 49.6 Å². The van der Waals surface area contributed by atoms with Gasteiger partial charge in [-0.3, -0.25) is 0 Å². The summed E-state index contributed by atoms with van der Waals surface area (Å²) in [6.45, 7) is 2.96. The maximum absolute atomic E-state index is 6.09. The van der Waals surface area contributed by atoms with Gasteiger partial charge in [-0.1, -0.05) is 12.1 Å². The second-order valence-corrected chi connectivity index (χ2v) is 8.40. The van der Waals surface area contributed by atoms with E-state index in [0.29, 0.717) is 5.25 Å². The van der Waals surface area contributed by atoms with Crippen LogP contribution in [0.1, 0.15) is 37.8 Å². The third kappa shape index (κ3) is 3.35. The van der Waals surface area contributed by atoms with E-state index in [1.165, 1.54) is 41.2 Å². The molecule has 2 aliphatic rings. The third-order valence-electron chi connectivity index (χ3n) is 4.22. The molecule has 20 heavy (non-hydrogen) atoms. The van der Waals surface area contributed by atoms with Gasteiger partial charge in [0.1, 0.15) is 0 Å². The molecule has 0 bridgehead atoms. The summed E-state index contributed by atoms with van der Waals surface area (Å²) in [6, 6.07) is 8.88. The average Bonchev–Trinajstić information content (AvgIpc) is 2.87. The molecule has 2 saturated heterocycles. The molecule has 1 aromatic carbocycles. The maximum Gasteiger partial charge on any atom is 0.0791 e. The van der Waals surface area contributed by atoms with Gasteiger partial charge in [-0.2, -0.15) is 11.8 Å². The van der Waals surface area contributed by atoms with Gasteiger partial charge in [0.15, 0.2) is 0 Å². The Hall–Kier alpha value is -0.160. The lowest BCUT2D eigenvalue weighted by Crippen LogP contribution is -2.40. The van der Waals surface area contributed by atoms with Crippen LogP contribution >= 0.6 is 23.5 Å². The molecule has 2 heterocycles. The van der Waals surface area contributed by atoms with Gasteiger partial charge in [-0.15, -0.1) is 11.8 Å². The standard InChI is InChI=1S/C16H23NOS2/c1-12(17)13-2-4-14(5-3-13)20-15-6-8-18-16(10-15)7-9-19-11-16/h2-5,12,15H,6-11,17H2,1H3. The lowest BCUT2D eigenvalue weighted by Gasteiger charge is -2.37. The minimum atomic E-state index is 0.121. The van der Waals surface area contributed by atoms with Crippen molar-refractivity contribution >= 4 is 23.5 Å². The highest BCUT2D eigenvalue weighted by molar-refractivity contribution is 8.00. The Morgan fingerprint density at radius 2 is 2.20 bits per heavy atom. The number of nitrogens with two attached hydrogens (primary N) is 1. The molecule has 3 rings (SSSR count). The predicted molar refractivity (Wildman–Crippen MR) is 88.5 cm³/mol. The van der Waals surface area contributed by atoms with Gasteiger partial charge in [0.2, 0.25) is 0 Å². The second-order valence-electron chi connectivity index (χ2n) is 5.92. The molecule has 1 aromatic rings. The predicted octanol–water partition coefficient (Wildman–Crippen LogP) is 3.85. The Morgan fingerprint density at radius 1 is 1.40 bits per heavy atom. The molecule has 1 spiro atoms. The van der Waals surface area contributed by atoms with Crippen molar-refractivity contribution in [2.24, 2.45) is 5.73 Å². The van der Waals surface area contributed by atoms with Gasteiger partial charge in [0.05, 0.1) is 5.60 Å². The Morgan fingerprint density at radius 3 is 2.85 bits per heavy atom. The van der Waals surface area contributed by atoms with Gasteiger partial charge in [0, 0.05) is 28.5 Å². The zero-order valence-electron chi connectivity index (χ0n) is 12.0. The highest BCUT2D eigenvalue weighted by Gasteiger charge is 2.40. The Kier molecular flexibility index (Phi) is 4.65. The summed E-state index contributed by atoms with van der Waals surface area (Å²) in [5.41, 5.74) is 7.30. The number of hydrogen-bond donors (Lipinski definition) is 1. The minimum Gasteiger partial charge on any atom is -0.374 e. The lowest BCUT2D eigenvalue weighted by atomic mass is 9.93. The van der Waals surface area contributed by atoms with Gasteiger partial charge < -0.3 is 10.5 Å². The molecule has 0 saturated carbocycles. The summed E-state index contributed by atoms with van der Waals surface area (Å²) in [6.07, 6.45) is 3.62. The second kappa shape index (κ2) is 6.30. The van der Waals surface area contributed by atoms with Crippen molar-refractivity contribution in [1.82, 2.24) is 0 Å². The Bertz CT molecular complexity index is 440. The van der Waals surface area contributed by atoms with Gasteiger partial charge in [0.25, 0.3) is 0 Å². The number of rotatable bonds is 3. The first-order chi connectivity index (χ1) is 9.67. The smallest absolute Gasteiger partial charge is 0.0791 e. The molecule has 110 valence electrons. The molecule has 0 aliphatic carbocycles. The van der Waals surface area contributed by atoms with Crippen molar-refractivity contribution in [3.05, 3.63) is 29.8 Å². The van der Waals surface area contributed by atoms with E-state index < -0.39 is 0 Å². The summed E-state index contributed by atoms with van der Waals surface area (Å²) in [5.74, 6) is 2.45. The van der Waals surface area contributed by atoms with E-state index in [1.54, 1.807) is 0 Å². The molecular weight excluding hydrogens is 286 g/mol. The van der Waals surface area contributed by atoms with Crippen molar-refractivity contribution < 1.29 is 4.74 Å². The topological polar surface area (TPSA) is 35.2 Å². The van der Waals surface area contributed by atoms with Gasteiger partial charge >= 0.3 is 0 Å². The van der Waals surface area contributed by atoms with Crippen molar-refractivity contribution in [2.45, 2.75) is 48.0 Å². The highest BCUT2D eigenvalue weighted by atomic mass is 32.2. The van der Waals surface area contributed by atoms with Gasteiger partial charge in [-0.25, -0.2) is 0 Å². The van der Waals surface area contributed by atoms with Crippen LogP contribution in [0.15, 0.2) is 29.2 Å². The molecule has 2 N–H and O–H groups in total. The Balaban J connectivity index is 1.62. The van der Waals surface area contributed by atoms with Crippen LogP contribution < -0.4 is 5.73 Å². The average molecular weight is 310 g/mol. The van der Waals surface area contributed by atoms with E-state index in [2.05, 4.69) is 24.3 Å². The largest absolute Gasteiger partial charge is 0.374 e. The molecule has 2 nitrogen and oxygen atoms in total. The van der Waals surface area contributed by atoms with Crippen molar-refractivity contribution in [3.63, 3.8) is 0 Å². The van der Waals surface area contributed by atoms with Crippen LogP contribution in [0.25, 0.3) is 0 Å². The number of benzene rings is 1. The molecule has 0 radical (unpaired) electrons. The number of ether oxygens (including phenoxy) is 1. The number of thioether (sulfide) groups is 2. The molecule has 3 atom stereocenters. The van der Waals surface area contributed by atoms with E-state index in [1.807, 2.05) is 30.4 Å². The van der Waals surface area contributed by atoms with Crippen LogP contribution in [0.4, 0.5) is 0 Å². The first kappa shape index (κ1) is 14.8. The fourth-order valence-electron chi connectivity index (χ4n) is 2.99. The van der Waals surface area contributed by atoms with Crippen molar-refractivity contribution in [1.29, 1.82) is 0 Å². The van der Waals surface area contributed by atoms with Crippen LogP contribution in [-0.4, -0.2) is 29.0 Å². The van der Waals surface area contributed by atoms with Crippen LogP contribution in [0, 0.1) is 0 Å². The summed E-state index contributed by atoms with van der Waals surface area (Å²) in [5, 5.41) is 0.698. The first-order valence-corrected chi connectivity index (χ1v) is 9.44. The monoisotopic (exact) mass is 309 g/mol. The van der Waals surface area contributed by atoms with Crippen molar-refractivity contribution in [3.8, 4) is 0 Å². The quantitative estimate of drug-likeness (QED) is 0.920. The van der Waals surface area contributed by atoms with Crippen LogP contribution in [0.3, 0.4) is 0 Å². The lowest BCUT2D eigenvalue weighted by molar-refractivity contribution is -0.0562. The SMILES string of the molecule is CC(N)c1ccc(SC2CCOC3(CCSC3)C2)cc1. The molecule has 4 heteroatoms. The third-order valence-corrected chi connectivity index (χ3v) is 6.73. The molecule has 2 aliphatic heterocycles. The van der Waals surface area contributed by atoms with E-state index in [9.17, 15) is 0 Å². The van der Waals surface area contributed by atoms with E-state index in [-0.39, 0.29) is 11.6 Å². The molecule has 3 unspecified atom stereocenters. The first-order valence-electron chi connectivity index (χ1n) is 7.41. The van der Waals surface area contributed by atoms with E-state index >= 15 is 0 Å². The van der Waals surface area contributed by atoms with Crippen LogP contribution in [0.2, 0.25) is 0 Å². The fraction of sp³-hybridized carbons (Fsp3) is 0.625. The molecule has 2 fully saturated rings. The molecular formula is C16H23NOS2. The number of hydrogen-bond acceptors (Lipinski definition) is 4. The fourth-order valence-corrected chi connectivity index (χ4v) is 5.65. The summed E-state index contributed by atoms with van der Waals surface area (Å²) in [7, 11) is 0. The van der Waals surface area contributed by atoms with Crippen LogP contribution in [0.5, 0.6) is 0 Å². The highest BCUT2D eigenvalue weighted by Crippen LogP contribution is 2.43. The summed E-state index contributed by atoms with van der Waals surface area (Å²) in [4.78, 5) is 1.36. The zero-order chi connectivity index (χ0) is 14.0. The van der Waals surface area contributed by atoms with E-state index in [4.69, 9.17) is 10.5 Å². The van der Waals surface area contributed by atoms with Crippen LogP contribution in [-0.2, 0) is 4.74 Å². The maximum atomic E-state index is 6.09. The zero-order valence-corrected chi connectivity index (χ0v) is 13.6. The molecule has 0 amide bonds. The summed E-state index contributed by atoms with van der Waals surface area (Å²) < 4.78 is 6.09.